The second kappa shape index (κ2) is 11.0. The van der Waals surface area contributed by atoms with Crippen LogP contribution in [-0.4, -0.2) is 34.7 Å². The van der Waals surface area contributed by atoms with Crippen LogP contribution in [0.25, 0.3) is 0 Å². The van der Waals surface area contributed by atoms with E-state index in [4.69, 9.17) is 0 Å². The molecule has 0 amide bonds. The molecule has 0 N–H and O–H groups in total. The van der Waals surface area contributed by atoms with Gasteiger partial charge in [0.2, 0.25) is 0 Å². The Morgan fingerprint density at radius 3 is 1.18 bits per heavy atom. The number of benzene rings is 1. The Bertz CT molecular complexity index is 994. The summed E-state index contributed by atoms with van der Waals surface area (Å²) in [5.41, 5.74) is 2.76. The molecule has 1 aromatic carbocycles. The number of unbranched alkanes of at least 4 members (excludes halogenated alkanes) is 2. The fourth-order valence-electron chi connectivity index (χ4n) is 3.78. The van der Waals surface area contributed by atoms with Crippen molar-refractivity contribution in [2.24, 2.45) is 9.98 Å². The molecule has 2 aliphatic heterocycles. The Kier molecular flexibility index (Phi) is 9.90. The summed E-state index contributed by atoms with van der Waals surface area (Å²) in [4.78, 5) is 8.75. The van der Waals surface area contributed by atoms with Gasteiger partial charge in [0.05, 0.1) is 25.5 Å². The van der Waals surface area contributed by atoms with Gasteiger partial charge in [-0.05, 0) is 18.9 Å². The van der Waals surface area contributed by atoms with Gasteiger partial charge >= 0.3 is 66.0 Å². The number of halogens is 12. The molecule has 3 rings (SSSR count). The van der Waals surface area contributed by atoms with Crippen molar-refractivity contribution < 1.29 is 59.3 Å². The molecule has 2 unspecified atom stereocenters. The standard InChI is InChI=1S/C22H32N4.2F6P/c1-3-5-12-25(14-10-23-19-25)17-21-8-7-9-22(16-21)18-26(13-6-4-2)15-11-24-20-26;2*1-7(2,3,4,5)6/h7-11,14-16,19-20H,3-6,12-13,17-18H2,1-2H3;;/q+2;2*-1. The van der Waals surface area contributed by atoms with Crippen LogP contribution in [0.3, 0.4) is 0 Å². The summed E-state index contributed by atoms with van der Waals surface area (Å²) in [5, 5.41) is 0. The molecule has 1 aromatic rings. The predicted molar refractivity (Wildman–Crippen MR) is 136 cm³/mol. The van der Waals surface area contributed by atoms with E-state index < -0.39 is 15.6 Å². The quantitative estimate of drug-likeness (QED) is 0.138. The molecule has 0 bridgehead atoms. The zero-order chi connectivity index (χ0) is 31.1. The summed E-state index contributed by atoms with van der Waals surface area (Å²) in [6, 6.07) is 9.07. The van der Waals surface area contributed by atoms with E-state index in [0.29, 0.717) is 0 Å². The molecule has 0 fully saturated rings. The molecule has 18 heteroatoms. The second-order valence-electron chi connectivity index (χ2n) is 9.54. The zero-order valence-corrected chi connectivity index (χ0v) is 23.4. The Hall–Kier alpha value is -2.02. The third-order valence-electron chi connectivity index (χ3n) is 5.29. The summed E-state index contributed by atoms with van der Waals surface area (Å²) in [6.45, 7) is 8.69. The Labute approximate surface area is 224 Å². The molecular formula is C22H32F12N4P2. The van der Waals surface area contributed by atoms with E-state index in [1.54, 1.807) is 0 Å². The van der Waals surface area contributed by atoms with Crippen LogP contribution in [0.1, 0.15) is 50.7 Å². The Morgan fingerprint density at radius 1 is 0.600 bits per heavy atom. The first-order valence-corrected chi connectivity index (χ1v) is 16.0. The molecule has 0 radical (unpaired) electrons. The zero-order valence-electron chi connectivity index (χ0n) is 21.6. The second-order valence-corrected chi connectivity index (χ2v) is 13.4. The van der Waals surface area contributed by atoms with Crippen LogP contribution >= 0.6 is 15.6 Å². The first kappa shape index (κ1) is 36.0. The van der Waals surface area contributed by atoms with Crippen LogP contribution in [0.4, 0.5) is 50.4 Å². The molecule has 0 spiro atoms. The average molecular weight is 642 g/mol. The molecule has 2 heterocycles. The molecule has 4 nitrogen and oxygen atoms in total. The van der Waals surface area contributed by atoms with E-state index in [2.05, 4.69) is 73.2 Å². The van der Waals surface area contributed by atoms with Crippen molar-refractivity contribution in [1.29, 1.82) is 0 Å². The molecule has 2 atom stereocenters. The van der Waals surface area contributed by atoms with Crippen molar-refractivity contribution in [2.75, 3.05) is 13.1 Å². The molecular weight excluding hydrogens is 610 g/mol. The van der Waals surface area contributed by atoms with Crippen molar-refractivity contribution in [1.82, 2.24) is 0 Å². The first-order valence-electron chi connectivity index (χ1n) is 12.0. The number of nitrogens with zero attached hydrogens (tertiary/aromatic N) is 4. The minimum absolute atomic E-state index is 0.842. The summed E-state index contributed by atoms with van der Waals surface area (Å²) in [7, 11) is -21.3. The van der Waals surface area contributed by atoms with Gasteiger partial charge in [0.1, 0.15) is 25.5 Å². The van der Waals surface area contributed by atoms with Crippen molar-refractivity contribution in [2.45, 2.75) is 52.6 Å². The minimum atomic E-state index is -10.7. The maximum absolute atomic E-state index is 10.7. The van der Waals surface area contributed by atoms with Crippen molar-refractivity contribution in [3.63, 3.8) is 0 Å². The normalized spacial score (nSPS) is 25.1. The fourth-order valence-corrected chi connectivity index (χ4v) is 3.78. The van der Waals surface area contributed by atoms with Gasteiger partial charge in [-0.15, -0.1) is 0 Å². The van der Waals surface area contributed by atoms with Gasteiger partial charge in [0.15, 0.2) is 12.7 Å². The summed E-state index contributed by atoms with van der Waals surface area (Å²) in [5.74, 6) is 0. The van der Waals surface area contributed by atoms with Crippen LogP contribution < -0.4 is 0 Å². The van der Waals surface area contributed by atoms with Crippen LogP contribution in [0.15, 0.2) is 59.1 Å². The third-order valence-corrected chi connectivity index (χ3v) is 5.29. The molecule has 0 aliphatic carbocycles. The van der Waals surface area contributed by atoms with E-state index in [1.807, 2.05) is 12.4 Å². The molecule has 2 aliphatic rings. The van der Waals surface area contributed by atoms with Gasteiger partial charge in [-0.1, -0.05) is 44.9 Å². The fraction of sp³-hybridized carbons (Fsp3) is 0.455. The van der Waals surface area contributed by atoms with Crippen molar-refractivity contribution >= 4 is 28.3 Å². The Morgan fingerprint density at radius 2 is 0.925 bits per heavy atom. The van der Waals surface area contributed by atoms with Crippen LogP contribution in [0.5, 0.6) is 0 Å². The van der Waals surface area contributed by atoms with Gasteiger partial charge in [0, 0.05) is 11.1 Å². The number of quaternary nitrogens is 2. The van der Waals surface area contributed by atoms with E-state index >= 15 is 0 Å². The summed E-state index contributed by atoms with van der Waals surface area (Å²) in [6.07, 6.45) is 17.4. The van der Waals surface area contributed by atoms with E-state index in [9.17, 15) is 50.4 Å². The molecule has 0 aromatic heterocycles. The molecule has 0 saturated heterocycles. The van der Waals surface area contributed by atoms with Crippen molar-refractivity contribution in [3.8, 4) is 0 Å². The van der Waals surface area contributed by atoms with Gasteiger partial charge in [-0.25, -0.2) is 19.0 Å². The van der Waals surface area contributed by atoms with Crippen LogP contribution in [0, 0.1) is 0 Å². The number of hydrogen-bond donors (Lipinski definition) is 0. The maximum atomic E-state index is 9.87. The third kappa shape index (κ3) is 20.8. The van der Waals surface area contributed by atoms with Crippen molar-refractivity contribution in [3.05, 3.63) is 60.2 Å². The summed E-state index contributed by atoms with van der Waals surface area (Å²) < 4.78 is 120. The number of rotatable bonds is 10. The SMILES string of the molecule is CCCC[N+]1(Cc2cccc(C[N+]3(CCCC)C=CN=C3)c2)C=CN=C1.F[P-](F)(F)(F)(F)F.F[P-](F)(F)(F)(F)F. The Balaban J connectivity index is 0.000000473. The molecule has 40 heavy (non-hydrogen) atoms. The topological polar surface area (TPSA) is 24.7 Å². The van der Waals surface area contributed by atoms with Gasteiger partial charge < -0.3 is 0 Å². The van der Waals surface area contributed by atoms with E-state index in [1.165, 1.54) is 36.8 Å². The van der Waals surface area contributed by atoms with Crippen LogP contribution in [-0.2, 0) is 13.1 Å². The van der Waals surface area contributed by atoms with Gasteiger partial charge in [-0.2, -0.15) is 0 Å². The first-order chi connectivity index (χ1) is 17.6. The van der Waals surface area contributed by atoms with Gasteiger partial charge in [0.25, 0.3) is 0 Å². The van der Waals surface area contributed by atoms with E-state index in [-0.39, 0.29) is 0 Å². The molecule has 0 saturated carbocycles. The van der Waals surface area contributed by atoms with Gasteiger partial charge in [-0.3, -0.25) is 0 Å². The average Bonchev–Trinajstić information content (AvgIpc) is 3.37. The summed E-state index contributed by atoms with van der Waals surface area (Å²) >= 11 is 0. The van der Waals surface area contributed by atoms with Crippen LogP contribution in [0.2, 0.25) is 0 Å². The number of aliphatic imine (C=N–C) groups is 2. The molecule has 234 valence electrons. The van der Waals surface area contributed by atoms with E-state index in [0.717, 1.165) is 35.1 Å². The number of hydrogen-bond acceptors (Lipinski definition) is 2. The monoisotopic (exact) mass is 642 g/mol. The predicted octanol–water partition coefficient (Wildman–Crippen LogP) is 11.7.